The molecule has 5 amide bonds. The van der Waals surface area contributed by atoms with Crippen LogP contribution in [0.15, 0.2) is 30.5 Å². The van der Waals surface area contributed by atoms with Crippen LogP contribution >= 0.6 is 22.8 Å². The number of rotatable bonds is 13. The number of fused-ring (bicyclic) bond motifs is 1. The van der Waals surface area contributed by atoms with Gasteiger partial charge in [-0.2, -0.15) is 0 Å². The molecule has 0 spiro atoms. The maximum absolute atomic E-state index is 11.9. The van der Waals surface area contributed by atoms with E-state index in [0.29, 0.717) is 0 Å². The minimum atomic E-state index is -4.27. The van der Waals surface area contributed by atoms with Crippen LogP contribution in [0.25, 0.3) is 10.9 Å². The zero-order valence-corrected chi connectivity index (χ0v) is 41.6. The smallest absolute Gasteiger partial charge is 0.408 e. The van der Waals surface area contributed by atoms with Gasteiger partial charge in [-0.3, -0.25) is 13.7 Å². The molecule has 0 saturated carbocycles. The average molecular weight is 965 g/mol. The Balaban J connectivity index is -0.000000762. The van der Waals surface area contributed by atoms with Gasteiger partial charge < -0.3 is 73.7 Å². The summed E-state index contributed by atoms with van der Waals surface area (Å²) in [6, 6.07) is 7.55. The Kier molecular flexibility index (Phi) is 28.5. The van der Waals surface area contributed by atoms with E-state index in [0.717, 1.165) is 16.6 Å². The fraction of sp³-hybridized carbons (Fsp3) is 0.684. The van der Waals surface area contributed by atoms with Gasteiger partial charge in [0, 0.05) is 59.2 Å². The summed E-state index contributed by atoms with van der Waals surface area (Å²) in [5, 5.41) is 14.3. The SMILES string of the molecule is C.CC(C)(C)NC(=O)Nc1ccc2[nH]ccc2c1.CC(C)(C)NC(=O)OCP(=O)(O)O.CCOP(=O)(COC(=O)NC(C)(C)C)OCC.COP(=O)(COC(=O)NC(C)(C)C)OC. The third-order valence-electron chi connectivity index (χ3n) is 6.01. The zero-order valence-electron chi connectivity index (χ0n) is 38.9. The molecule has 1 heterocycles. The monoisotopic (exact) mass is 964 g/mol. The molecule has 22 nitrogen and oxygen atoms in total. The van der Waals surface area contributed by atoms with Crippen molar-refractivity contribution in [3.8, 4) is 0 Å². The Labute approximate surface area is 372 Å². The van der Waals surface area contributed by atoms with Crippen molar-refractivity contribution in [2.75, 3.05) is 51.8 Å². The van der Waals surface area contributed by atoms with E-state index in [1.165, 1.54) is 14.2 Å². The van der Waals surface area contributed by atoms with Crippen molar-refractivity contribution in [2.45, 2.75) is 127 Å². The summed E-state index contributed by atoms with van der Waals surface area (Å²) < 4.78 is 66.6. The maximum atomic E-state index is 11.9. The number of carbonyl (C=O) groups is 4. The van der Waals surface area contributed by atoms with Crippen LogP contribution in [0, 0.1) is 0 Å². The van der Waals surface area contributed by atoms with Crippen molar-refractivity contribution in [1.82, 2.24) is 26.3 Å². The fourth-order valence-electron chi connectivity index (χ4n) is 3.76. The first kappa shape index (κ1) is 63.6. The molecule has 25 heteroatoms. The summed E-state index contributed by atoms with van der Waals surface area (Å²) in [6.45, 7) is 25.8. The number of anilines is 1. The highest BCUT2D eigenvalue weighted by atomic mass is 31.2. The lowest BCUT2D eigenvalue weighted by Crippen LogP contribution is -2.43. The highest BCUT2D eigenvalue weighted by Gasteiger charge is 2.27. The second-order valence-corrected chi connectivity index (χ2v) is 22.8. The number of ether oxygens (including phenoxy) is 3. The second kappa shape index (κ2) is 28.3. The molecule has 0 aliphatic rings. The molecule has 2 aromatic rings. The normalized spacial score (nSPS) is 11.9. The first-order valence-electron chi connectivity index (χ1n) is 19.1. The molecule has 0 fully saturated rings. The van der Waals surface area contributed by atoms with E-state index in [-0.39, 0.29) is 38.6 Å². The summed E-state index contributed by atoms with van der Waals surface area (Å²) in [5.74, 6) is 0. The Bertz CT molecular complexity index is 1810. The molecule has 1 aromatic carbocycles. The van der Waals surface area contributed by atoms with E-state index in [4.69, 9.17) is 28.3 Å². The van der Waals surface area contributed by atoms with Crippen LogP contribution in [0.4, 0.5) is 24.9 Å². The van der Waals surface area contributed by atoms with Gasteiger partial charge in [0.1, 0.15) is 0 Å². The van der Waals surface area contributed by atoms with Gasteiger partial charge in [-0.25, -0.2) is 19.2 Å². The van der Waals surface area contributed by atoms with E-state index < -0.39 is 70.4 Å². The van der Waals surface area contributed by atoms with E-state index in [9.17, 15) is 32.9 Å². The van der Waals surface area contributed by atoms with Gasteiger partial charge in [0.05, 0.1) is 13.2 Å². The van der Waals surface area contributed by atoms with Gasteiger partial charge in [0.25, 0.3) is 0 Å². The zero-order chi connectivity index (χ0) is 48.8. The fourth-order valence-corrected chi connectivity index (χ4v) is 5.97. The number of hydrogen-bond donors (Lipinski definition) is 8. The minimum Gasteiger partial charge on any atom is -0.437 e. The molecule has 0 aliphatic carbocycles. The summed E-state index contributed by atoms with van der Waals surface area (Å²) in [7, 11) is -8.41. The topological polar surface area (TPSA) is 300 Å². The maximum Gasteiger partial charge on any atom is 0.408 e. The average Bonchev–Trinajstić information content (AvgIpc) is 3.55. The molecular weight excluding hydrogens is 889 g/mol. The number of hydrogen-bond acceptors (Lipinski definition) is 14. The van der Waals surface area contributed by atoms with Crippen molar-refractivity contribution < 1.29 is 75.0 Å². The van der Waals surface area contributed by atoms with Crippen LogP contribution in [0.1, 0.15) is 104 Å². The van der Waals surface area contributed by atoms with E-state index >= 15 is 0 Å². The van der Waals surface area contributed by atoms with Crippen LogP contribution in [-0.2, 0) is 46.0 Å². The summed E-state index contributed by atoms with van der Waals surface area (Å²) in [6.07, 6.45) is -1.93. The van der Waals surface area contributed by atoms with Gasteiger partial charge in [0.15, 0.2) is 19.0 Å². The predicted molar refractivity (Wildman–Crippen MR) is 244 cm³/mol. The number of benzene rings is 1. The van der Waals surface area contributed by atoms with Gasteiger partial charge in [0.2, 0.25) is 0 Å². The number of urea groups is 1. The van der Waals surface area contributed by atoms with E-state index in [1.807, 2.05) is 72.0 Å². The Hall–Kier alpha value is -3.71. The molecule has 0 radical (unpaired) electrons. The third kappa shape index (κ3) is 36.3. The number of nitrogens with one attached hydrogen (secondary N) is 6. The second-order valence-electron chi connectivity index (χ2n) is 17.0. The number of aromatic amines is 1. The lowest BCUT2D eigenvalue weighted by atomic mass is 10.1. The number of H-pyrrole nitrogens is 1. The molecule has 368 valence electrons. The van der Waals surface area contributed by atoms with Crippen LogP contribution < -0.4 is 26.6 Å². The number of aromatic nitrogens is 1. The van der Waals surface area contributed by atoms with Crippen LogP contribution in [0.2, 0.25) is 0 Å². The summed E-state index contributed by atoms with van der Waals surface area (Å²) >= 11 is 0. The minimum absolute atomic E-state index is 0. The standard InChI is InChI=1S/C13H17N3O.C10H22NO5P.C8H18NO5P.C6H14NO5P.CH4/c1-13(2,3)16-12(17)15-10-4-5-11-9(8-10)6-7-14-11;1-6-15-17(13,16-7-2)8-14-9(12)11-10(3,4)5;1-8(2,3)9-7(10)14-6-15(11,12-4)13-5;1-6(2,3)7-5(8)12-4-13(9,10)11;/h4-8,14H,1-3H3,(H2,15,16,17);6-8H2,1-5H3,(H,11,12);6H2,1-5H3,(H,9,10);4H2,1-3H3,(H,7,8)(H2,9,10,11);1H4. The molecule has 63 heavy (non-hydrogen) atoms. The molecule has 0 aliphatic heterocycles. The quantitative estimate of drug-likeness (QED) is 0.0685. The molecule has 0 unspecified atom stereocenters. The van der Waals surface area contributed by atoms with Crippen molar-refractivity contribution >= 4 is 63.7 Å². The summed E-state index contributed by atoms with van der Waals surface area (Å²) in [5.41, 5.74) is 0.332. The van der Waals surface area contributed by atoms with Gasteiger partial charge in [-0.1, -0.05) is 7.43 Å². The van der Waals surface area contributed by atoms with E-state index in [2.05, 4.69) is 45.4 Å². The van der Waals surface area contributed by atoms with Crippen LogP contribution in [0.5, 0.6) is 0 Å². The lowest BCUT2D eigenvalue weighted by Gasteiger charge is -2.21. The lowest BCUT2D eigenvalue weighted by molar-refractivity contribution is 0.135. The summed E-state index contributed by atoms with van der Waals surface area (Å²) in [4.78, 5) is 64.9. The third-order valence-corrected chi connectivity index (χ3v) is 9.78. The molecule has 2 rings (SSSR count). The highest BCUT2D eigenvalue weighted by molar-refractivity contribution is 7.54. The van der Waals surface area contributed by atoms with E-state index in [1.54, 1.807) is 55.4 Å². The van der Waals surface area contributed by atoms with Gasteiger partial charge in [-0.15, -0.1) is 0 Å². The number of carbonyl (C=O) groups excluding carboxylic acids is 4. The van der Waals surface area contributed by atoms with Gasteiger partial charge >= 0.3 is 47.1 Å². The predicted octanol–water partition coefficient (Wildman–Crippen LogP) is 9.06. The molecule has 8 N–H and O–H groups in total. The molecular formula is C38H75N6O16P3. The first-order valence-corrected chi connectivity index (χ1v) is 24.4. The van der Waals surface area contributed by atoms with Crippen molar-refractivity contribution in [2.24, 2.45) is 0 Å². The molecule has 0 bridgehead atoms. The van der Waals surface area contributed by atoms with Gasteiger partial charge in [-0.05, 0) is 121 Å². The Morgan fingerprint density at radius 1 is 0.603 bits per heavy atom. The molecule has 0 atom stereocenters. The molecule has 0 saturated heterocycles. The Morgan fingerprint density at radius 3 is 1.33 bits per heavy atom. The van der Waals surface area contributed by atoms with Crippen molar-refractivity contribution in [3.05, 3.63) is 30.5 Å². The van der Waals surface area contributed by atoms with Crippen LogP contribution in [-0.4, -0.2) is 108 Å². The number of amides is 5. The number of alkyl carbamates (subject to hydrolysis) is 3. The van der Waals surface area contributed by atoms with Crippen molar-refractivity contribution in [3.63, 3.8) is 0 Å². The largest absolute Gasteiger partial charge is 0.437 e. The highest BCUT2D eigenvalue weighted by Crippen LogP contribution is 2.48. The Morgan fingerprint density at radius 2 is 0.984 bits per heavy atom. The van der Waals surface area contributed by atoms with Crippen molar-refractivity contribution in [1.29, 1.82) is 0 Å². The first-order chi connectivity index (χ1) is 28.0. The molecule has 1 aromatic heterocycles. The van der Waals surface area contributed by atoms with Crippen LogP contribution in [0.3, 0.4) is 0 Å².